The van der Waals surface area contributed by atoms with E-state index in [-0.39, 0.29) is 36.3 Å². The van der Waals surface area contributed by atoms with E-state index in [2.05, 4.69) is 9.97 Å². The van der Waals surface area contributed by atoms with E-state index in [1.54, 1.807) is 47.4 Å². The lowest BCUT2D eigenvalue weighted by Gasteiger charge is -2.37. The Morgan fingerprint density at radius 2 is 1.97 bits per heavy atom. The van der Waals surface area contributed by atoms with Gasteiger partial charge in [0.15, 0.2) is 0 Å². The Morgan fingerprint density at radius 3 is 2.64 bits per heavy atom. The first kappa shape index (κ1) is 25.3. The normalized spacial score (nSPS) is 18.5. The molecule has 0 radical (unpaired) electrons. The van der Waals surface area contributed by atoms with Crippen molar-refractivity contribution >= 4 is 11.8 Å². The van der Waals surface area contributed by atoms with Crippen LogP contribution >= 0.6 is 0 Å². The number of aryl methyl sites for hydroxylation is 1. The lowest BCUT2D eigenvalue weighted by molar-refractivity contribution is 0.0313. The van der Waals surface area contributed by atoms with Gasteiger partial charge in [0.1, 0.15) is 11.7 Å². The van der Waals surface area contributed by atoms with Crippen LogP contribution in [0, 0.1) is 12.8 Å². The Hall–Kier alpha value is -3.78. The summed E-state index contributed by atoms with van der Waals surface area (Å²) in [6.45, 7) is 6.31. The zero-order valence-electron chi connectivity index (χ0n) is 21.1. The van der Waals surface area contributed by atoms with Crippen molar-refractivity contribution in [2.24, 2.45) is 5.92 Å². The van der Waals surface area contributed by atoms with Gasteiger partial charge in [-0.1, -0.05) is 36.8 Å². The van der Waals surface area contributed by atoms with Crippen LogP contribution in [0.3, 0.4) is 0 Å². The van der Waals surface area contributed by atoms with Crippen molar-refractivity contribution in [3.63, 3.8) is 0 Å². The predicted octanol–water partition coefficient (Wildman–Crippen LogP) is 3.44. The molecule has 1 aliphatic heterocycles. The number of likely N-dealkylation sites (N-methyl/N-ethyl adjacent to an activating group) is 1. The van der Waals surface area contributed by atoms with Gasteiger partial charge in [-0.3, -0.25) is 14.6 Å². The number of benzene rings is 1. The van der Waals surface area contributed by atoms with Crippen molar-refractivity contribution < 1.29 is 19.4 Å². The lowest BCUT2D eigenvalue weighted by Crippen LogP contribution is -2.50. The lowest BCUT2D eigenvalue weighted by atomic mass is 9.99. The molecule has 188 valence electrons. The monoisotopic (exact) mass is 488 g/mol. The number of amides is 2. The van der Waals surface area contributed by atoms with Gasteiger partial charge in [-0.15, -0.1) is 0 Å². The molecule has 8 heteroatoms. The largest absolute Gasteiger partial charge is 0.472 e. The molecule has 8 nitrogen and oxygen atoms in total. The summed E-state index contributed by atoms with van der Waals surface area (Å²) >= 11 is 0. The SMILES string of the molecule is Cc1ccc(-c2cnc3c(c2)C(=O)N([C@H](C)CO)C[C@H](C)[C@H](CN(C)C(=O)c2cccnc2)O3)cc1. The predicted molar refractivity (Wildman–Crippen MR) is 137 cm³/mol. The number of aromatic nitrogens is 2. The molecule has 2 aromatic heterocycles. The van der Waals surface area contributed by atoms with Gasteiger partial charge in [0.05, 0.1) is 24.8 Å². The summed E-state index contributed by atoms with van der Waals surface area (Å²) in [6, 6.07) is 12.9. The molecular formula is C28H32N4O4. The van der Waals surface area contributed by atoms with Gasteiger partial charge in [-0.2, -0.15) is 0 Å². The highest BCUT2D eigenvalue weighted by Crippen LogP contribution is 2.30. The summed E-state index contributed by atoms with van der Waals surface area (Å²) in [7, 11) is 1.72. The number of pyridine rings is 2. The molecule has 36 heavy (non-hydrogen) atoms. The standard InChI is InChI=1S/C28H32N4O4/c1-18-7-9-21(10-8-18)23-12-24-26(30-14-23)36-25(19(2)15-32(28(24)35)20(3)17-33)16-31(4)27(34)22-6-5-11-29-13-22/h5-14,19-20,25,33H,15-17H2,1-4H3/t19-,20+,25-/m0/s1. The molecular weight excluding hydrogens is 456 g/mol. The molecule has 1 N–H and O–H groups in total. The minimum Gasteiger partial charge on any atom is -0.472 e. The van der Waals surface area contributed by atoms with E-state index < -0.39 is 6.10 Å². The maximum Gasteiger partial charge on any atom is 0.259 e. The first-order valence-corrected chi connectivity index (χ1v) is 12.1. The van der Waals surface area contributed by atoms with Gasteiger partial charge < -0.3 is 19.6 Å². The molecule has 3 heterocycles. The average Bonchev–Trinajstić information content (AvgIpc) is 2.90. The van der Waals surface area contributed by atoms with Crippen LogP contribution in [0.15, 0.2) is 61.1 Å². The number of aliphatic hydroxyl groups excluding tert-OH is 1. The molecule has 1 aromatic carbocycles. The van der Waals surface area contributed by atoms with E-state index in [4.69, 9.17) is 4.74 Å². The number of ether oxygens (including phenoxy) is 1. The number of fused-ring (bicyclic) bond motifs is 1. The molecule has 0 saturated carbocycles. The third-order valence-corrected chi connectivity index (χ3v) is 6.61. The molecule has 0 fully saturated rings. The fraction of sp³-hybridized carbons (Fsp3) is 0.357. The number of hydrogen-bond donors (Lipinski definition) is 1. The number of aliphatic hydroxyl groups is 1. The van der Waals surface area contributed by atoms with Crippen LogP contribution in [-0.2, 0) is 0 Å². The average molecular weight is 489 g/mol. The second-order valence-corrected chi connectivity index (χ2v) is 9.49. The Kier molecular flexibility index (Phi) is 7.64. The van der Waals surface area contributed by atoms with Crippen molar-refractivity contribution in [2.45, 2.75) is 32.9 Å². The first-order chi connectivity index (χ1) is 17.3. The van der Waals surface area contributed by atoms with Crippen molar-refractivity contribution in [1.29, 1.82) is 0 Å². The third kappa shape index (κ3) is 5.39. The second kappa shape index (κ2) is 10.9. The van der Waals surface area contributed by atoms with Gasteiger partial charge in [0.25, 0.3) is 11.8 Å². The molecule has 0 saturated heterocycles. The van der Waals surface area contributed by atoms with Gasteiger partial charge >= 0.3 is 0 Å². The maximum absolute atomic E-state index is 13.6. The van der Waals surface area contributed by atoms with Crippen LogP contribution in [0.5, 0.6) is 5.88 Å². The van der Waals surface area contributed by atoms with Gasteiger partial charge in [-0.25, -0.2) is 4.98 Å². The fourth-order valence-corrected chi connectivity index (χ4v) is 4.29. The number of carbonyl (C=O) groups is 2. The van der Waals surface area contributed by atoms with Crippen LogP contribution in [-0.4, -0.2) is 75.6 Å². The summed E-state index contributed by atoms with van der Waals surface area (Å²) in [5.74, 6) is -0.303. The second-order valence-electron chi connectivity index (χ2n) is 9.49. The molecule has 3 aromatic rings. The Bertz CT molecular complexity index is 1220. The quantitative estimate of drug-likeness (QED) is 0.571. The van der Waals surface area contributed by atoms with Crippen LogP contribution < -0.4 is 4.74 Å². The molecule has 0 unspecified atom stereocenters. The Balaban J connectivity index is 1.68. The first-order valence-electron chi connectivity index (χ1n) is 12.1. The van der Waals surface area contributed by atoms with Crippen LogP contribution in [0.25, 0.3) is 11.1 Å². The molecule has 0 aliphatic carbocycles. The maximum atomic E-state index is 13.6. The number of carbonyl (C=O) groups excluding carboxylic acids is 2. The van der Waals surface area contributed by atoms with Crippen molar-refractivity contribution in [3.05, 3.63) is 77.7 Å². The molecule has 0 bridgehead atoms. The summed E-state index contributed by atoms with van der Waals surface area (Å²) in [5, 5.41) is 9.87. The number of hydrogen-bond acceptors (Lipinski definition) is 6. The van der Waals surface area contributed by atoms with Crippen molar-refractivity contribution in [2.75, 3.05) is 26.7 Å². The summed E-state index contributed by atoms with van der Waals surface area (Å²) in [6.07, 6.45) is 4.44. The Labute approximate surface area is 211 Å². The molecule has 4 rings (SSSR count). The molecule has 3 atom stereocenters. The van der Waals surface area contributed by atoms with Crippen LogP contribution in [0.1, 0.15) is 40.1 Å². The van der Waals surface area contributed by atoms with E-state index in [1.165, 1.54) is 6.20 Å². The highest BCUT2D eigenvalue weighted by atomic mass is 16.5. The van der Waals surface area contributed by atoms with E-state index in [1.807, 2.05) is 45.0 Å². The topological polar surface area (TPSA) is 95.9 Å². The van der Waals surface area contributed by atoms with Crippen LogP contribution in [0.2, 0.25) is 0 Å². The zero-order chi connectivity index (χ0) is 25.8. The van der Waals surface area contributed by atoms with E-state index >= 15 is 0 Å². The van der Waals surface area contributed by atoms with Crippen LogP contribution in [0.4, 0.5) is 0 Å². The molecule has 2 amide bonds. The number of rotatable bonds is 6. The highest BCUT2D eigenvalue weighted by molar-refractivity contribution is 5.98. The van der Waals surface area contributed by atoms with Gasteiger partial charge in [0, 0.05) is 43.7 Å². The Morgan fingerprint density at radius 1 is 1.22 bits per heavy atom. The molecule has 0 spiro atoms. The summed E-state index contributed by atoms with van der Waals surface area (Å²) in [4.78, 5) is 38.4. The van der Waals surface area contributed by atoms with Crippen molar-refractivity contribution in [3.8, 4) is 17.0 Å². The minimum atomic E-state index is -0.423. The van der Waals surface area contributed by atoms with E-state index in [0.717, 1.165) is 16.7 Å². The van der Waals surface area contributed by atoms with E-state index in [0.29, 0.717) is 24.2 Å². The summed E-state index contributed by atoms with van der Waals surface area (Å²) < 4.78 is 6.32. The zero-order valence-corrected chi connectivity index (χ0v) is 21.1. The summed E-state index contributed by atoms with van der Waals surface area (Å²) in [5.41, 5.74) is 3.72. The van der Waals surface area contributed by atoms with Crippen molar-refractivity contribution in [1.82, 2.24) is 19.8 Å². The highest BCUT2D eigenvalue weighted by Gasteiger charge is 2.35. The minimum absolute atomic E-state index is 0.126. The van der Waals surface area contributed by atoms with E-state index in [9.17, 15) is 14.7 Å². The smallest absolute Gasteiger partial charge is 0.259 e. The van der Waals surface area contributed by atoms with Gasteiger partial charge in [-0.05, 0) is 37.6 Å². The third-order valence-electron chi connectivity index (χ3n) is 6.61. The molecule has 1 aliphatic rings. The fourth-order valence-electron chi connectivity index (χ4n) is 4.29. The van der Waals surface area contributed by atoms with Gasteiger partial charge in [0.2, 0.25) is 5.88 Å². The number of nitrogens with zero attached hydrogens (tertiary/aromatic N) is 4.